The average molecular weight is 632 g/mol. The van der Waals surface area contributed by atoms with Crippen molar-refractivity contribution >= 4 is 34.4 Å². The normalized spacial score (nSPS) is 17.2. The third-order valence-electron chi connectivity index (χ3n) is 7.31. The highest BCUT2D eigenvalue weighted by molar-refractivity contribution is 8.14. The second-order valence-corrected chi connectivity index (χ2v) is 11.4. The number of fused-ring (bicyclic) bond motifs is 3. The third kappa shape index (κ3) is 6.63. The molecule has 4 aromatic rings. The number of aromatic nitrogens is 3. The highest BCUT2D eigenvalue weighted by Crippen LogP contribution is 2.43. The molecule has 0 radical (unpaired) electrons. The Bertz CT molecular complexity index is 1830. The molecule has 1 atom stereocenters. The van der Waals surface area contributed by atoms with E-state index in [0.717, 1.165) is 33.8 Å². The number of hydrazone groups is 1. The number of alkyl halides is 3. The molecule has 6 rings (SSSR count). The number of benzene rings is 3. The monoisotopic (exact) mass is 631 g/mol. The van der Waals surface area contributed by atoms with Crippen molar-refractivity contribution < 1.29 is 22.7 Å². The Kier molecular flexibility index (Phi) is 8.19. The zero-order valence-electron chi connectivity index (χ0n) is 24.5. The Morgan fingerprint density at radius 1 is 1.11 bits per heavy atom. The van der Waals surface area contributed by atoms with Crippen LogP contribution in [0.15, 0.2) is 94.9 Å². The summed E-state index contributed by atoms with van der Waals surface area (Å²) < 4.78 is 42.7. The van der Waals surface area contributed by atoms with E-state index < -0.39 is 12.4 Å². The van der Waals surface area contributed by atoms with Gasteiger partial charge in [0.1, 0.15) is 12.1 Å². The molecule has 2 amide bonds. The molecule has 1 fully saturated rings. The van der Waals surface area contributed by atoms with Crippen LogP contribution in [-0.2, 0) is 0 Å². The fourth-order valence-electron chi connectivity index (χ4n) is 5.17. The summed E-state index contributed by atoms with van der Waals surface area (Å²) in [7, 11) is 0. The molecule has 1 unspecified atom stereocenters. The molecular weight excluding hydrogens is 603 g/mol. The summed E-state index contributed by atoms with van der Waals surface area (Å²) in [6, 6.07) is 18.5. The molecule has 1 saturated heterocycles. The van der Waals surface area contributed by atoms with Crippen molar-refractivity contribution in [2.45, 2.75) is 39.5 Å². The van der Waals surface area contributed by atoms with Crippen molar-refractivity contribution in [2.24, 2.45) is 10.1 Å². The van der Waals surface area contributed by atoms with Gasteiger partial charge in [-0.15, -0.1) is 18.3 Å². The van der Waals surface area contributed by atoms with Crippen LogP contribution in [0.1, 0.15) is 42.9 Å². The molecule has 0 spiro atoms. The number of amidine groups is 1. The highest BCUT2D eigenvalue weighted by Gasteiger charge is 2.33. The summed E-state index contributed by atoms with van der Waals surface area (Å²) in [6.45, 7) is 6.16. The number of rotatable bonds is 6. The number of hydrogen-bond acceptors (Lipinski definition) is 6. The third-order valence-corrected chi connectivity index (χ3v) is 8.28. The van der Waals surface area contributed by atoms with Gasteiger partial charge in [-0.05, 0) is 60.4 Å². The number of carbonyl (C=O) groups is 1. The van der Waals surface area contributed by atoms with Crippen molar-refractivity contribution in [2.75, 3.05) is 10.7 Å². The number of ether oxygens (including phenoxy) is 1. The summed E-state index contributed by atoms with van der Waals surface area (Å²) in [5.41, 5.74) is 9.85. The summed E-state index contributed by atoms with van der Waals surface area (Å²) in [5.74, 6) is 1.15. The van der Waals surface area contributed by atoms with E-state index in [1.807, 2.05) is 31.2 Å². The average Bonchev–Trinajstić information content (AvgIpc) is 3.65. The van der Waals surface area contributed by atoms with Crippen LogP contribution in [0.3, 0.4) is 0 Å². The maximum absolute atomic E-state index is 12.9. The Balaban J connectivity index is 1.13. The number of halogens is 3. The lowest BCUT2D eigenvalue weighted by molar-refractivity contribution is -0.274. The molecule has 3 aromatic carbocycles. The number of carbonyl (C=O) groups excluding carboxylic acids is 1. The number of thioether (sulfide) groups is 1. The van der Waals surface area contributed by atoms with Crippen LogP contribution in [0, 0.1) is 6.92 Å². The smallest absolute Gasteiger partial charge is 0.406 e. The standard InChI is InChI=1S/C32H28F3N7O2S/c1-4-27(38-39-30(43)37-31-42-24(17-45-31)16-20(3)26-14-5-19(2)15-28(26)42)21-6-8-22(9-7-21)29-36-18-41(40-29)23-10-12-25(13-11-23)44-32(33,34)35/h5-16,18,20H,4,17H2,1-3H3,(H,39,43)/b37-31?,38-27+. The number of nitrogens with one attached hydrogen (secondary N) is 1. The van der Waals surface area contributed by atoms with Crippen LogP contribution in [0.4, 0.5) is 23.7 Å². The molecule has 0 saturated carbocycles. The lowest BCUT2D eigenvalue weighted by Gasteiger charge is -2.30. The number of allylic oxidation sites excluding steroid dienone is 1. The van der Waals surface area contributed by atoms with E-state index >= 15 is 0 Å². The topological polar surface area (TPSA) is 97.0 Å². The van der Waals surface area contributed by atoms with Gasteiger partial charge in [0.05, 0.1) is 17.1 Å². The Morgan fingerprint density at radius 2 is 1.87 bits per heavy atom. The summed E-state index contributed by atoms with van der Waals surface area (Å²) in [6.07, 6.45) is -0.498. The van der Waals surface area contributed by atoms with Crippen LogP contribution in [0.5, 0.6) is 5.75 Å². The number of aliphatic imine (C=N–C) groups is 1. The number of anilines is 1. The van der Waals surface area contributed by atoms with Gasteiger partial charge >= 0.3 is 12.4 Å². The van der Waals surface area contributed by atoms with E-state index in [4.69, 9.17) is 0 Å². The Morgan fingerprint density at radius 3 is 2.58 bits per heavy atom. The molecule has 2 aliphatic rings. The minimum atomic E-state index is -4.76. The second-order valence-electron chi connectivity index (χ2n) is 10.5. The molecular formula is C32H28F3N7O2S. The first-order valence-corrected chi connectivity index (χ1v) is 15.1. The number of urea groups is 1. The largest absolute Gasteiger partial charge is 0.573 e. The summed E-state index contributed by atoms with van der Waals surface area (Å²) >= 11 is 1.52. The maximum Gasteiger partial charge on any atom is 0.573 e. The number of nitrogens with zero attached hydrogens (tertiary/aromatic N) is 6. The summed E-state index contributed by atoms with van der Waals surface area (Å²) in [4.78, 5) is 23.6. The number of amides is 2. The van der Waals surface area contributed by atoms with E-state index in [1.54, 1.807) is 0 Å². The molecule has 3 heterocycles. The van der Waals surface area contributed by atoms with E-state index in [1.165, 1.54) is 52.6 Å². The molecule has 13 heteroatoms. The Hall–Kier alpha value is -4.91. The number of aryl methyl sites for hydroxylation is 1. The lowest BCUT2D eigenvalue weighted by Crippen LogP contribution is -2.29. The molecule has 0 bridgehead atoms. The van der Waals surface area contributed by atoms with Crippen LogP contribution >= 0.6 is 11.8 Å². The predicted octanol–water partition coefficient (Wildman–Crippen LogP) is 7.58. The van der Waals surface area contributed by atoms with Gasteiger partial charge in [-0.25, -0.2) is 19.9 Å². The zero-order valence-corrected chi connectivity index (χ0v) is 25.4. The molecule has 1 aromatic heterocycles. The van der Waals surface area contributed by atoms with Gasteiger partial charge in [-0.3, -0.25) is 4.90 Å². The van der Waals surface area contributed by atoms with Crippen LogP contribution in [-0.4, -0.2) is 43.8 Å². The van der Waals surface area contributed by atoms with Crippen molar-refractivity contribution in [3.05, 3.63) is 102 Å². The molecule has 1 N–H and O–H groups in total. The second kappa shape index (κ2) is 12.2. The van der Waals surface area contributed by atoms with E-state index in [0.29, 0.717) is 28.8 Å². The minimum Gasteiger partial charge on any atom is -0.406 e. The van der Waals surface area contributed by atoms with Gasteiger partial charge in [-0.2, -0.15) is 10.1 Å². The quantitative estimate of drug-likeness (QED) is 0.174. The SMILES string of the molecule is CC/C(=N\NC(=O)N=C1SCC2=CC(C)c3ccc(C)cc3N21)c1ccc(-c2ncn(-c3ccc(OC(F)(F)F)cc3)n2)cc1. The van der Waals surface area contributed by atoms with E-state index in [9.17, 15) is 18.0 Å². The van der Waals surface area contributed by atoms with Gasteiger partial charge in [-0.1, -0.05) is 68.1 Å². The fraction of sp³-hybridized carbons (Fsp3) is 0.219. The zero-order chi connectivity index (χ0) is 31.7. The van der Waals surface area contributed by atoms with E-state index in [2.05, 4.69) is 73.4 Å². The predicted molar refractivity (Wildman–Crippen MR) is 169 cm³/mol. The molecule has 45 heavy (non-hydrogen) atoms. The highest BCUT2D eigenvalue weighted by atomic mass is 32.2. The fourth-order valence-corrected chi connectivity index (χ4v) is 6.17. The van der Waals surface area contributed by atoms with Crippen LogP contribution < -0.4 is 15.1 Å². The van der Waals surface area contributed by atoms with Crippen molar-refractivity contribution in [3.63, 3.8) is 0 Å². The van der Waals surface area contributed by atoms with Crippen molar-refractivity contribution in [1.29, 1.82) is 0 Å². The van der Waals surface area contributed by atoms with Crippen molar-refractivity contribution in [3.8, 4) is 22.8 Å². The molecule has 230 valence electrons. The summed E-state index contributed by atoms with van der Waals surface area (Å²) in [5, 5.41) is 9.41. The maximum atomic E-state index is 12.9. The first-order valence-electron chi connectivity index (χ1n) is 14.2. The van der Waals surface area contributed by atoms with Gasteiger partial charge < -0.3 is 4.74 Å². The van der Waals surface area contributed by atoms with Gasteiger partial charge in [0, 0.05) is 22.9 Å². The van der Waals surface area contributed by atoms with Gasteiger partial charge in [0.25, 0.3) is 0 Å². The van der Waals surface area contributed by atoms with Gasteiger partial charge in [0.2, 0.25) is 0 Å². The number of hydrogen-bond donors (Lipinski definition) is 1. The minimum absolute atomic E-state index is 0.290. The van der Waals surface area contributed by atoms with Crippen LogP contribution in [0.25, 0.3) is 17.1 Å². The van der Waals surface area contributed by atoms with Crippen LogP contribution in [0.2, 0.25) is 0 Å². The lowest BCUT2D eigenvalue weighted by atomic mass is 9.93. The Labute approximate surface area is 261 Å². The van der Waals surface area contributed by atoms with Gasteiger partial charge in [0.15, 0.2) is 11.0 Å². The molecule has 2 aliphatic heterocycles. The molecule has 9 nitrogen and oxygen atoms in total. The molecule has 0 aliphatic carbocycles. The first-order chi connectivity index (χ1) is 21.6. The van der Waals surface area contributed by atoms with Crippen molar-refractivity contribution in [1.82, 2.24) is 20.2 Å². The van der Waals surface area contributed by atoms with E-state index in [-0.39, 0.29) is 11.7 Å². The first kappa shape index (κ1) is 30.1.